The van der Waals surface area contributed by atoms with Gasteiger partial charge in [0.15, 0.2) is 0 Å². The van der Waals surface area contributed by atoms with E-state index in [-0.39, 0.29) is 9.79 Å². The van der Waals surface area contributed by atoms with Crippen LogP contribution < -0.4 is 9.64 Å². The first-order valence-corrected chi connectivity index (χ1v) is 12.9. The van der Waals surface area contributed by atoms with Crippen LogP contribution in [-0.2, 0) is 9.84 Å². The maximum atomic E-state index is 13.5. The van der Waals surface area contributed by atoms with Crippen molar-refractivity contribution in [3.05, 3.63) is 109 Å². The molecule has 0 saturated carbocycles. The molecule has 0 bridgehead atoms. The standard InChI is InChI=1S/C28H22N4O3S/c1-19-16-20(2)32(30-19)21-8-7-9-22(17-21)35-23-13-14-27-25(18-23)31(28-12-5-6-15-29-28)24-10-3-4-11-26(24)36(27,33)34/h3-18H,1-2H3. The fourth-order valence-corrected chi connectivity index (χ4v) is 6.12. The van der Waals surface area contributed by atoms with E-state index in [1.807, 2.05) is 78.0 Å². The summed E-state index contributed by atoms with van der Waals surface area (Å²) in [5, 5.41) is 4.55. The molecule has 2 aromatic heterocycles. The van der Waals surface area contributed by atoms with Crippen LogP contribution in [0.15, 0.2) is 107 Å². The van der Waals surface area contributed by atoms with Gasteiger partial charge < -0.3 is 4.74 Å². The zero-order valence-corrected chi connectivity index (χ0v) is 20.5. The number of hydrogen-bond acceptors (Lipinski definition) is 6. The normalized spacial score (nSPS) is 13.7. The summed E-state index contributed by atoms with van der Waals surface area (Å²) < 4.78 is 35.0. The third-order valence-electron chi connectivity index (χ3n) is 6.04. The molecule has 6 rings (SSSR count). The van der Waals surface area contributed by atoms with Crippen LogP contribution in [0, 0.1) is 13.8 Å². The van der Waals surface area contributed by atoms with Crippen LogP contribution in [-0.4, -0.2) is 23.2 Å². The molecular formula is C28H22N4O3S. The highest BCUT2D eigenvalue weighted by molar-refractivity contribution is 7.92. The lowest BCUT2D eigenvalue weighted by Crippen LogP contribution is -2.22. The zero-order chi connectivity index (χ0) is 24.9. The first kappa shape index (κ1) is 22.1. The molecule has 7 nitrogen and oxygen atoms in total. The Morgan fingerprint density at radius 1 is 0.750 bits per heavy atom. The molecule has 178 valence electrons. The highest BCUT2D eigenvalue weighted by atomic mass is 32.2. The Bertz CT molecular complexity index is 1710. The van der Waals surface area contributed by atoms with Crippen LogP contribution in [0.25, 0.3) is 5.69 Å². The molecule has 3 heterocycles. The number of aryl methyl sites for hydroxylation is 2. The molecule has 0 saturated heterocycles. The van der Waals surface area contributed by atoms with Gasteiger partial charge in [-0.25, -0.2) is 18.1 Å². The predicted octanol–water partition coefficient (Wildman–Crippen LogP) is 6.29. The van der Waals surface area contributed by atoms with E-state index in [1.165, 1.54) is 0 Å². The largest absolute Gasteiger partial charge is 0.457 e. The van der Waals surface area contributed by atoms with Gasteiger partial charge in [-0.15, -0.1) is 0 Å². The molecule has 0 fully saturated rings. The molecule has 0 unspecified atom stereocenters. The van der Waals surface area contributed by atoms with Gasteiger partial charge in [-0.3, -0.25) is 4.90 Å². The van der Waals surface area contributed by atoms with Crippen molar-refractivity contribution in [2.45, 2.75) is 23.6 Å². The summed E-state index contributed by atoms with van der Waals surface area (Å²) in [4.78, 5) is 6.80. The second kappa shape index (κ2) is 8.35. The van der Waals surface area contributed by atoms with E-state index in [0.29, 0.717) is 28.7 Å². The number of anilines is 3. The van der Waals surface area contributed by atoms with Crippen LogP contribution in [0.3, 0.4) is 0 Å². The topological polar surface area (TPSA) is 77.3 Å². The highest BCUT2D eigenvalue weighted by Gasteiger charge is 2.35. The van der Waals surface area contributed by atoms with Gasteiger partial charge in [0.1, 0.15) is 17.3 Å². The lowest BCUT2D eigenvalue weighted by atomic mass is 10.2. The van der Waals surface area contributed by atoms with Crippen molar-refractivity contribution in [1.29, 1.82) is 0 Å². The van der Waals surface area contributed by atoms with Crippen molar-refractivity contribution < 1.29 is 13.2 Å². The SMILES string of the molecule is Cc1cc(C)n(-c2cccc(Oc3ccc4c(c3)N(c3ccccn3)c3ccccc3S4(=O)=O)c2)n1. The Labute approximate surface area is 209 Å². The Kier molecular flexibility index (Phi) is 5.12. The number of rotatable bonds is 4. The van der Waals surface area contributed by atoms with Crippen molar-refractivity contribution >= 4 is 27.0 Å². The molecular weight excluding hydrogens is 472 g/mol. The minimum atomic E-state index is -3.71. The van der Waals surface area contributed by atoms with E-state index < -0.39 is 9.84 Å². The van der Waals surface area contributed by atoms with Crippen LogP contribution in [0.2, 0.25) is 0 Å². The number of ether oxygens (including phenoxy) is 1. The van der Waals surface area contributed by atoms with Crippen molar-refractivity contribution in [2.75, 3.05) is 4.90 Å². The zero-order valence-electron chi connectivity index (χ0n) is 19.7. The quantitative estimate of drug-likeness (QED) is 0.287. The number of nitrogens with zero attached hydrogens (tertiary/aromatic N) is 4. The summed E-state index contributed by atoms with van der Waals surface area (Å²) in [6, 6.07) is 27.2. The number of sulfone groups is 1. The Balaban J connectivity index is 1.45. The van der Waals surface area contributed by atoms with Gasteiger partial charge >= 0.3 is 0 Å². The molecule has 0 atom stereocenters. The minimum absolute atomic E-state index is 0.204. The Morgan fingerprint density at radius 2 is 1.53 bits per heavy atom. The first-order valence-electron chi connectivity index (χ1n) is 11.4. The van der Waals surface area contributed by atoms with Gasteiger partial charge in [-0.1, -0.05) is 24.3 Å². The van der Waals surface area contributed by atoms with Gasteiger partial charge in [0.05, 0.1) is 32.5 Å². The smallest absolute Gasteiger partial charge is 0.210 e. The van der Waals surface area contributed by atoms with Crippen molar-refractivity contribution in [3.8, 4) is 17.2 Å². The van der Waals surface area contributed by atoms with E-state index in [2.05, 4.69) is 10.1 Å². The van der Waals surface area contributed by atoms with Crippen LogP contribution >= 0.6 is 0 Å². The number of fused-ring (bicyclic) bond motifs is 2. The number of benzene rings is 3. The van der Waals surface area contributed by atoms with Crippen LogP contribution in [0.4, 0.5) is 17.2 Å². The number of hydrogen-bond donors (Lipinski definition) is 0. The molecule has 0 radical (unpaired) electrons. The average Bonchev–Trinajstić information content (AvgIpc) is 3.23. The summed E-state index contributed by atoms with van der Waals surface area (Å²) in [5.74, 6) is 1.74. The molecule has 36 heavy (non-hydrogen) atoms. The van der Waals surface area contributed by atoms with Gasteiger partial charge in [-0.2, -0.15) is 5.10 Å². The van der Waals surface area contributed by atoms with E-state index in [4.69, 9.17) is 4.74 Å². The summed E-state index contributed by atoms with van der Waals surface area (Å²) in [5.41, 5.74) is 3.87. The van der Waals surface area contributed by atoms with Gasteiger partial charge in [-0.05, 0) is 68.4 Å². The second-order valence-electron chi connectivity index (χ2n) is 8.56. The maximum absolute atomic E-state index is 13.5. The summed E-state index contributed by atoms with van der Waals surface area (Å²) in [7, 11) is -3.71. The van der Waals surface area contributed by atoms with E-state index in [1.54, 1.807) is 42.6 Å². The summed E-state index contributed by atoms with van der Waals surface area (Å²) in [6.45, 7) is 3.96. The minimum Gasteiger partial charge on any atom is -0.457 e. The molecule has 5 aromatic rings. The summed E-state index contributed by atoms with van der Waals surface area (Å²) in [6.07, 6.45) is 1.69. The first-order chi connectivity index (χ1) is 17.4. The van der Waals surface area contributed by atoms with Crippen molar-refractivity contribution in [2.24, 2.45) is 0 Å². The van der Waals surface area contributed by atoms with Crippen molar-refractivity contribution in [3.63, 3.8) is 0 Å². The Hall–Kier alpha value is -4.43. The number of pyridine rings is 1. The number of para-hydroxylation sites is 1. The maximum Gasteiger partial charge on any atom is 0.210 e. The van der Waals surface area contributed by atoms with Gasteiger partial charge in [0.2, 0.25) is 9.84 Å². The molecule has 1 aliphatic heterocycles. The lowest BCUT2D eigenvalue weighted by molar-refractivity contribution is 0.481. The van der Waals surface area contributed by atoms with Gasteiger partial charge in [0, 0.05) is 24.0 Å². The molecule has 0 N–H and O–H groups in total. The average molecular weight is 495 g/mol. The molecule has 8 heteroatoms. The number of aromatic nitrogens is 3. The van der Waals surface area contributed by atoms with E-state index >= 15 is 0 Å². The van der Waals surface area contributed by atoms with Gasteiger partial charge in [0.25, 0.3) is 0 Å². The molecule has 3 aromatic carbocycles. The molecule has 0 amide bonds. The predicted molar refractivity (Wildman–Crippen MR) is 137 cm³/mol. The third-order valence-corrected chi connectivity index (χ3v) is 7.89. The lowest BCUT2D eigenvalue weighted by Gasteiger charge is -2.32. The Morgan fingerprint density at radius 3 is 2.31 bits per heavy atom. The fourth-order valence-electron chi connectivity index (χ4n) is 4.52. The fraction of sp³-hybridized carbons (Fsp3) is 0.0714. The van der Waals surface area contributed by atoms with Crippen molar-refractivity contribution in [1.82, 2.24) is 14.8 Å². The molecule has 0 aliphatic carbocycles. The highest BCUT2D eigenvalue weighted by Crippen LogP contribution is 2.48. The van der Waals surface area contributed by atoms with Crippen LogP contribution in [0.1, 0.15) is 11.4 Å². The molecule has 1 aliphatic rings. The third kappa shape index (κ3) is 3.63. The monoisotopic (exact) mass is 494 g/mol. The summed E-state index contributed by atoms with van der Waals surface area (Å²) >= 11 is 0. The van der Waals surface area contributed by atoms with E-state index in [0.717, 1.165) is 17.1 Å². The van der Waals surface area contributed by atoms with Crippen LogP contribution in [0.5, 0.6) is 11.5 Å². The second-order valence-corrected chi connectivity index (χ2v) is 10.4. The molecule has 0 spiro atoms. The van der Waals surface area contributed by atoms with E-state index in [9.17, 15) is 8.42 Å².